The minimum atomic E-state index is -4.77. The van der Waals surface area contributed by atoms with E-state index >= 15 is 0 Å². The van der Waals surface area contributed by atoms with Gasteiger partial charge in [-0.25, -0.2) is 9.78 Å². The van der Waals surface area contributed by atoms with Crippen molar-refractivity contribution in [2.75, 3.05) is 0 Å². The van der Waals surface area contributed by atoms with E-state index in [0.29, 0.717) is 12.8 Å². The van der Waals surface area contributed by atoms with Gasteiger partial charge in [0, 0.05) is 6.08 Å². The van der Waals surface area contributed by atoms with E-state index in [1.54, 1.807) is 37.3 Å². The normalized spacial score (nSPS) is 17.2. The van der Waals surface area contributed by atoms with E-state index in [9.17, 15) is 18.0 Å². The first-order valence-corrected chi connectivity index (χ1v) is 9.57. The number of hydrogen-bond acceptors (Lipinski definition) is 3. The summed E-state index contributed by atoms with van der Waals surface area (Å²) in [5.74, 6) is -1.04. The van der Waals surface area contributed by atoms with E-state index < -0.39 is 35.2 Å². The van der Waals surface area contributed by atoms with Gasteiger partial charge in [0.2, 0.25) is 0 Å². The van der Waals surface area contributed by atoms with E-state index in [-0.39, 0.29) is 0 Å². The first-order chi connectivity index (χ1) is 13.8. The van der Waals surface area contributed by atoms with Gasteiger partial charge in [0.1, 0.15) is 5.60 Å². The van der Waals surface area contributed by atoms with Crippen molar-refractivity contribution < 1.29 is 22.7 Å². The summed E-state index contributed by atoms with van der Waals surface area (Å²) < 4.78 is 47.7. The molecule has 1 aromatic carbocycles. The molecule has 0 radical (unpaired) electrons. The Bertz CT molecular complexity index is 906. The summed E-state index contributed by atoms with van der Waals surface area (Å²) >= 11 is 0. The molecule has 1 aliphatic carbocycles. The van der Waals surface area contributed by atoms with Crippen LogP contribution in [0.1, 0.15) is 66.8 Å². The van der Waals surface area contributed by atoms with Crippen molar-refractivity contribution in [1.82, 2.24) is 9.55 Å². The molecule has 0 amide bonds. The Kier molecular flexibility index (Phi) is 5.99. The average Bonchev–Trinajstić information content (AvgIpc) is 3.15. The summed E-state index contributed by atoms with van der Waals surface area (Å²) in [7, 11) is 0. The molecule has 0 bridgehead atoms. The van der Waals surface area contributed by atoms with Gasteiger partial charge in [0.05, 0.1) is 12.4 Å². The lowest BCUT2D eigenvalue weighted by Gasteiger charge is -2.33. The number of esters is 1. The molecule has 154 valence electrons. The summed E-state index contributed by atoms with van der Waals surface area (Å²) in [4.78, 5) is 16.5. The second-order valence-electron chi connectivity index (χ2n) is 7.30. The van der Waals surface area contributed by atoms with Crippen LogP contribution in [0.3, 0.4) is 0 Å². The smallest absolute Gasteiger partial charge is 0.435 e. The molecule has 4 nitrogen and oxygen atoms in total. The lowest BCUT2D eigenvalue weighted by molar-refractivity contribution is -0.141. The van der Waals surface area contributed by atoms with Gasteiger partial charge in [0.25, 0.3) is 0 Å². The molecule has 7 heteroatoms. The van der Waals surface area contributed by atoms with E-state index in [1.165, 1.54) is 4.57 Å². The van der Waals surface area contributed by atoms with Crippen LogP contribution in [0, 0.1) is 0 Å². The Hall–Kier alpha value is -2.79. The van der Waals surface area contributed by atoms with Crippen molar-refractivity contribution in [1.29, 1.82) is 0 Å². The van der Waals surface area contributed by atoms with Crippen LogP contribution in [0.15, 0.2) is 55.0 Å². The van der Waals surface area contributed by atoms with Crippen molar-refractivity contribution in [3.05, 3.63) is 72.0 Å². The van der Waals surface area contributed by atoms with Crippen LogP contribution in [0.5, 0.6) is 0 Å². The molecule has 0 unspecified atom stereocenters. The summed E-state index contributed by atoms with van der Waals surface area (Å²) in [5.41, 5.74) is 0.591. The van der Waals surface area contributed by atoms with Crippen molar-refractivity contribution in [2.24, 2.45) is 0 Å². The summed E-state index contributed by atoms with van der Waals surface area (Å²) in [6.45, 7) is 5.26. The molecule has 0 spiro atoms. The van der Waals surface area contributed by atoms with Gasteiger partial charge in [-0.2, -0.15) is 13.2 Å². The molecule has 3 rings (SSSR count). The van der Waals surface area contributed by atoms with E-state index in [0.717, 1.165) is 31.2 Å². The lowest BCUT2D eigenvalue weighted by atomic mass is 9.84. The molecule has 1 fully saturated rings. The summed E-state index contributed by atoms with van der Waals surface area (Å²) in [6, 6.07) is 8.44. The fourth-order valence-corrected chi connectivity index (χ4v) is 3.80. The molecule has 1 aromatic heterocycles. The molecular formula is C22H23F3N2O2. The molecule has 0 N–H and O–H groups in total. The molecule has 0 saturated heterocycles. The number of carbonyl (C=O) groups excluding carboxylic acids is 1. The Balaban J connectivity index is 2.03. The van der Waals surface area contributed by atoms with Crippen molar-refractivity contribution in [2.45, 2.75) is 56.8 Å². The van der Waals surface area contributed by atoms with Crippen LogP contribution >= 0.6 is 0 Å². The molecule has 1 atom stereocenters. The highest BCUT2D eigenvalue weighted by molar-refractivity contribution is 5.89. The fraction of sp³-hybridized carbons (Fsp3) is 0.409. The van der Waals surface area contributed by atoms with Crippen molar-refractivity contribution >= 4 is 5.97 Å². The minimum absolute atomic E-state index is 0.528. The Morgan fingerprint density at radius 2 is 1.93 bits per heavy atom. The summed E-state index contributed by atoms with van der Waals surface area (Å²) in [5, 5.41) is 0. The highest BCUT2D eigenvalue weighted by Crippen LogP contribution is 2.37. The third-order valence-corrected chi connectivity index (χ3v) is 5.32. The maximum absolute atomic E-state index is 13.6. The van der Waals surface area contributed by atoms with Crippen molar-refractivity contribution in [3.8, 4) is 0 Å². The zero-order valence-corrected chi connectivity index (χ0v) is 16.2. The molecular weight excluding hydrogens is 381 g/mol. The van der Waals surface area contributed by atoms with Crippen LogP contribution in [-0.4, -0.2) is 21.1 Å². The van der Waals surface area contributed by atoms with E-state index in [4.69, 9.17) is 4.74 Å². The monoisotopic (exact) mass is 404 g/mol. The van der Waals surface area contributed by atoms with Crippen molar-refractivity contribution in [3.63, 3.8) is 0 Å². The fourth-order valence-electron chi connectivity index (χ4n) is 3.80. The first kappa shape index (κ1) is 20.9. The van der Waals surface area contributed by atoms with Gasteiger partial charge in [0.15, 0.2) is 11.4 Å². The van der Waals surface area contributed by atoms with Crippen LogP contribution < -0.4 is 0 Å². The van der Waals surface area contributed by atoms with E-state index in [2.05, 4.69) is 17.3 Å². The Morgan fingerprint density at radius 1 is 1.28 bits per heavy atom. The van der Waals surface area contributed by atoms with Gasteiger partial charge < -0.3 is 9.30 Å². The molecule has 2 aromatic rings. The number of alkyl halides is 3. The first-order valence-electron chi connectivity index (χ1n) is 9.57. The molecule has 1 heterocycles. The number of nitrogens with zero attached hydrogens (tertiary/aromatic N) is 2. The third-order valence-electron chi connectivity index (χ3n) is 5.32. The maximum atomic E-state index is 13.6. The Labute approximate surface area is 167 Å². The van der Waals surface area contributed by atoms with Crippen LogP contribution in [0.25, 0.3) is 0 Å². The number of ether oxygens (including phenoxy) is 1. The highest BCUT2D eigenvalue weighted by atomic mass is 19.4. The number of halogens is 3. The number of carbonyl (C=O) groups is 1. The lowest BCUT2D eigenvalue weighted by Crippen LogP contribution is -2.36. The van der Waals surface area contributed by atoms with Crippen LogP contribution in [0.4, 0.5) is 13.2 Å². The Morgan fingerprint density at radius 3 is 2.52 bits per heavy atom. The maximum Gasteiger partial charge on any atom is 0.435 e. The highest BCUT2D eigenvalue weighted by Gasteiger charge is 2.43. The summed E-state index contributed by atoms with van der Waals surface area (Å²) in [6.07, 6.45) is 1.52. The SMILES string of the molecule is C=C=CC1(OC(=O)c2c(C(F)(F)F)ncn2[C@H](C)c2ccccc2)CCCCC1. The predicted molar refractivity (Wildman–Crippen MR) is 102 cm³/mol. The van der Waals surface area contributed by atoms with Gasteiger partial charge in [-0.05, 0) is 38.2 Å². The van der Waals surface area contributed by atoms with Crippen LogP contribution in [-0.2, 0) is 10.9 Å². The minimum Gasteiger partial charge on any atom is -0.449 e. The quantitative estimate of drug-likeness (QED) is 0.473. The number of imidazole rings is 1. The topological polar surface area (TPSA) is 44.1 Å². The van der Waals surface area contributed by atoms with Crippen LogP contribution in [0.2, 0.25) is 0 Å². The largest absolute Gasteiger partial charge is 0.449 e. The average molecular weight is 404 g/mol. The predicted octanol–water partition coefficient (Wildman–Crippen LogP) is 5.71. The van der Waals surface area contributed by atoms with Gasteiger partial charge in [-0.15, -0.1) is 5.73 Å². The molecule has 0 aliphatic heterocycles. The van der Waals surface area contributed by atoms with Gasteiger partial charge in [-0.1, -0.05) is 43.3 Å². The zero-order valence-electron chi connectivity index (χ0n) is 16.2. The van der Waals surface area contributed by atoms with Gasteiger partial charge in [-0.3, -0.25) is 0 Å². The standard InChI is InChI=1S/C22H23F3N2O2/c1-3-12-21(13-8-5-9-14-21)29-20(28)18-19(22(23,24)25)26-15-27(18)16(2)17-10-6-4-7-11-17/h4,6-7,10-12,15-16H,1,5,8-9,13-14H2,2H3/t16-/m1/s1. The number of aromatic nitrogens is 2. The number of hydrogen-bond donors (Lipinski definition) is 0. The number of benzene rings is 1. The second-order valence-corrected chi connectivity index (χ2v) is 7.30. The number of rotatable bonds is 5. The second kappa shape index (κ2) is 8.29. The third kappa shape index (κ3) is 4.46. The zero-order chi connectivity index (χ0) is 21.1. The van der Waals surface area contributed by atoms with E-state index in [1.807, 2.05) is 6.07 Å². The molecule has 1 saturated carbocycles. The van der Waals surface area contributed by atoms with Gasteiger partial charge >= 0.3 is 12.1 Å². The molecule has 1 aliphatic rings. The molecule has 29 heavy (non-hydrogen) atoms.